The second-order valence-electron chi connectivity index (χ2n) is 10.3. The molecular weight excluding hydrogens is 456 g/mol. The number of aromatic nitrogens is 4. The highest BCUT2D eigenvalue weighted by Gasteiger charge is 2.57. The summed E-state index contributed by atoms with van der Waals surface area (Å²) in [7, 11) is 0. The van der Waals surface area contributed by atoms with Gasteiger partial charge in [-0.25, -0.2) is 15.0 Å². The number of fused-ring (bicyclic) bond motifs is 4. The minimum atomic E-state index is -0.434. The van der Waals surface area contributed by atoms with Gasteiger partial charge in [-0.15, -0.1) is 11.3 Å². The molecule has 3 aromatic heterocycles. The Kier molecular flexibility index (Phi) is 4.85. The summed E-state index contributed by atoms with van der Waals surface area (Å²) in [4.78, 5) is 19.8. The second kappa shape index (κ2) is 7.88. The third-order valence-corrected chi connectivity index (χ3v) is 9.44. The van der Waals surface area contributed by atoms with Crippen LogP contribution in [0.1, 0.15) is 44.4 Å². The lowest BCUT2D eigenvalue weighted by Crippen LogP contribution is -2.55. The van der Waals surface area contributed by atoms with Crippen molar-refractivity contribution in [3.8, 4) is 22.1 Å². The van der Waals surface area contributed by atoms with Gasteiger partial charge in [0.2, 0.25) is 0 Å². The van der Waals surface area contributed by atoms with Gasteiger partial charge < -0.3 is 9.47 Å². The molecule has 0 radical (unpaired) electrons. The molecular formula is C28H28N4O2S. The van der Waals surface area contributed by atoms with Gasteiger partial charge in [-0.2, -0.15) is 0 Å². The van der Waals surface area contributed by atoms with E-state index in [4.69, 9.17) is 19.4 Å². The van der Waals surface area contributed by atoms with Crippen molar-refractivity contribution in [2.75, 3.05) is 13.2 Å². The summed E-state index contributed by atoms with van der Waals surface area (Å²) in [6.45, 7) is 6.11. The molecule has 2 fully saturated rings. The van der Waals surface area contributed by atoms with Crippen LogP contribution in [-0.2, 0) is 21.3 Å². The molecule has 0 amide bonds. The van der Waals surface area contributed by atoms with Crippen LogP contribution in [0.5, 0.6) is 0 Å². The maximum atomic E-state index is 6.23. The topological polar surface area (TPSA) is 70.0 Å². The van der Waals surface area contributed by atoms with Crippen LogP contribution in [0.3, 0.4) is 0 Å². The lowest BCUT2D eigenvalue weighted by atomic mass is 9.55. The Balaban J connectivity index is 1.44. The smallest absolute Gasteiger partial charge is 0.171 e. The number of thiazole rings is 1. The molecule has 3 atom stereocenters. The van der Waals surface area contributed by atoms with E-state index in [1.54, 1.807) is 11.3 Å². The fraction of sp³-hybridized carbons (Fsp3) is 0.429. The number of hydrogen-bond donors (Lipinski definition) is 0. The van der Waals surface area contributed by atoms with E-state index in [1.165, 1.54) is 11.3 Å². The van der Waals surface area contributed by atoms with Gasteiger partial charge in [-0.3, -0.25) is 4.98 Å². The first-order valence-corrected chi connectivity index (χ1v) is 13.4. The molecule has 7 heteroatoms. The molecule has 1 saturated carbocycles. The molecule has 0 unspecified atom stereocenters. The van der Waals surface area contributed by atoms with Crippen LogP contribution in [0.15, 0.2) is 48.1 Å². The van der Waals surface area contributed by atoms with Crippen LogP contribution in [0.4, 0.5) is 0 Å². The standard InChI is InChI=1S/C28H28N4O2S/c1-17-21-8-7-20-23(26-30-13-16-35-26)31-25(19-9-12-29-22-6-4-3-5-18(19)22)32-24(20)27(21,2)10-11-28(17)33-14-15-34-28/h3-6,9,12-13,16-17,21H,7-8,10-11,14-15H2,1-2H3/t17-,21-,27-/m1/s1. The Morgan fingerprint density at radius 3 is 2.69 bits per heavy atom. The Hall–Kier alpha value is -2.74. The highest BCUT2D eigenvalue weighted by molar-refractivity contribution is 7.13. The monoisotopic (exact) mass is 484 g/mol. The lowest BCUT2D eigenvalue weighted by Gasteiger charge is -2.54. The number of para-hydroxylation sites is 1. The van der Waals surface area contributed by atoms with Crippen molar-refractivity contribution >= 4 is 22.2 Å². The fourth-order valence-electron chi connectivity index (χ4n) is 6.87. The van der Waals surface area contributed by atoms with E-state index in [9.17, 15) is 0 Å². The van der Waals surface area contributed by atoms with E-state index in [0.29, 0.717) is 25.0 Å². The molecule has 2 aliphatic carbocycles. The molecule has 6 nitrogen and oxygen atoms in total. The van der Waals surface area contributed by atoms with E-state index in [2.05, 4.69) is 35.9 Å². The molecule has 1 aliphatic heterocycles. The average molecular weight is 485 g/mol. The molecule has 7 rings (SSSR count). The van der Waals surface area contributed by atoms with Crippen molar-refractivity contribution < 1.29 is 9.47 Å². The summed E-state index contributed by atoms with van der Waals surface area (Å²) in [5.74, 6) is 1.07. The summed E-state index contributed by atoms with van der Waals surface area (Å²) < 4.78 is 12.5. The van der Waals surface area contributed by atoms with Crippen LogP contribution in [-0.4, -0.2) is 38.9 Å². The van der Waals surface area contributed by atoms with E-state index in [0.717, 1.165) is 58.7 Å². The normalized spacial score (nSPS) is 27.1. The van der Waals surface area contributed by atoms with Crippen LogP contribution in [0.2, 0.25) is 0 Å². The maximum Gasteiger partial charge on any atom is 0.171 e. The molecule has 4 heterocycles. The van der Waals surface area contributed by atoms with E-state index >= 15 is 0 Å². The van der Waals surface area contributed by atoms with Crippen molar-refractivity contribution in [1.82, 2.24) is 19.9 Å². The molecule has 4 aromatic rings. The number of ether oxygens (including phenoxy) is 2. The maximum absolute atomic E-state index is 6.23. The first-order valence-electron chi connectivity index (χ1n) is 12.5. The molecule has 3 aliphatic rings. The van der Waals surface area contributed by atoms with Crippen LogP contribution in [0.25, 0.3) is 33.0 Å². The summed E-state index contributed by atoms with van der Waals surface area (Å²) in [6, 6.07) is 10.3. The van der Waals surface area contributed by atoms with Crippen LogP contribution < -0.4 is 0 Å². The number of rotatable bonds is 2. The Labute approximate surface area is 208 Å². The van der Waals surface area contributed by atoms with Gasteiger partial charge in [0.15, 0.2) is 11.6 Å². The van der Waals surface area contributed by atoms with Crippen molar-refractivity contribution in [1.29, 1.82) is 0 Å². The van der Waals surface area contributed by atoms with Crippen LogP contribution >= 0.6 is 11.3 Å². The zero-order valence-corrected chi connectivity index (χ0v) is 20.8. The Bertz CT molecular complexity index is 1410. The number of benzene rings is 1. The molecule has 1 saturated heterocycles. The van der Waals surface area contributed by atoms with Crippen molar-refractivity contribution in [2.24, 2.45) is 11.8 Å². The summed E-state index contributed by atoms with van der Waals surface area (Å²) >= 11 is 1.65. The lowest BCUT2D eigenvalue weighted by molar-refractivity contribution is -0.234. The minimum Gasteiger partial charge on any atom is -0.347 e. The third kappa shape index (κ3) is 3.14. The van der Waals surface area contributed by atoms with E-state index < -0.39 is 5.79 Å². The first-order chi connectivity index (χ1) is 17.1. The molecule has 35 heavy (non-hydrogen) atoms. The zero-order valence-electron chi connectivity index (χ0n) is 20.0. The number of nitrogens with zero attached hydrogens (tertiary/aromatic N) is 4. The third-order valence-electron chi connectivity index (χ3n) is 8.66. The predicted molar refractivity (Wildman–Crippen MR) is 136 cm³/mol. The fourth-order valence-corrected chi connectivity index (χ4v) is 7.52. The van der Waals surface area contributed by atoms with Gasteiger partial charge >= 0.3 is 0 Å². The summed E-state index contributed by atoms with van der Waals surface area (Å²) in [5.41, 5.74) is 5.34. The molecule has 0 bridgehead atoms. The van der Waals surface area contributed by atoms with Gasteiger partial charge in [0.1, 0.15) is 10.7 Å². The predicted octanol–water partition coefficient (Wildman–Crippen LogP) is 5.81. The van der Waals surface area contributed by atoms with Crippen molar-refractivity contribution in [3.05, 3.63) is 59.4 Å². The van der Waals surface area contributed by atoms with Crippen LogP contribution in [0, 0.1) is 11.8 Å². The van der Waals surface area contributed by atoms with Gasteiger partial charge in [-0.1, -0.05) is 32.0 Å². The summed E-state index contributed by atoms with van der Waals surface area (Å²) in [6.07, 6.45) is 7.63. The van der Waals surface area contributed by atoms with Gasteiger partial charge in [0.05, 0.1) is 24.4 Å². The Morgan fingerprint density at radius 2 is 1.86 bits per heavy atom. The second-order valence-corrected chi connectivity index (χ2v) is 11.2. The largest absolute Gasteiger partial charge is 0.347 e. The average Bonchev–Trinajstić information content (AvgIpc) is 3.59. The van der Waals surface area contributed by atoms with Gasteiger partial charge in [-0.05, 0) is 37.3 Å². The summed E-state index contributed by atoms with van der Waals surface area (Å²) in [5, 5.41) is 4.06. The van der Waals surface area contributed by atoms with E-state index in [-0.39, 0.29) is 5.41 Å². The highest BCUT2D eigenvalue weighted by atomic mass is 32.1. The first kappa shape index (κ1) is 21.5. The van der Waals surface area contributed by atoms with Crippen molar-refractivity contribution in [3.63, 3.8) is 0 Å². The molecule has 1 spiro atoms. The number of pyridine rings is 1. The molecule has 0 N–H and O–H groups in total. The van der Waals surface area contributed by atoms with Crippen molar-refractivity contribution in [2.45, 2.75) is 50.7 Å². The van der Waals surface area contributed by atoms with Gasteiger partial charge in [0, 0.05) is 52.0 Å². The van der Waals surface area contributed by atoms with E-state index in [1.807, 2.05) is 36.0 Å². The number of hydrogen-bond acceptors (Lipinski definition) is 7. The quantitative estimate of drug-likeness (QED) is 0.358. The zero-order chi connectivity index (χ0) is 23.6. The highest BCUT2D eigenvalue weighted by Crippen LogP contribution is 2.57. The minimum absolute atomic E-state index is 0.0694. The molecule has 1 aromatic carbocycles. The SMILES string of the molecule is C[C@@H]1[C@H]2CCc3c(-c4nccs4)nc(-c4ccnc5ccccc45)nc3[C@]2(C)CCC12OCCO2. The molecule has 178 valence electrons. The van der Waals surface area contributed by atoms with Gasteiger partial charge in [0.25, 0.3) is 0 Å². The Morgan fingerprint density at radius 1 is 1.00 bits per heavy atom.